The van der Waals surface area contributed by atoms with Crippen LogP contribution in [0.3, 0.4) is 0 Å². The van der Waals surface area contributed by atoms with Gasteiger partial charge in [0.2, 0.25) is 5.91 Å². The minimum absolute atomic E-state index is 0.0143. The number of aliphatic hydroxyl groups is 1. The summed E-state index contributed by atoms with van der Waals surface area (Å²) in [5.41, 5.74) is -0.574. The highest BCUT2D eigenvalue weighted by Gasteiger charge is 2.39. The van der Waals surface area contributed by atoms with Crippen LogP contribution in [0.5, 0.6) is 0 Å². The molecule has 5 heteroatoms. The van der Waals surface area contributed by atoms with Crippen molar-refractivity contribution in [1.29, 1.82) is 0 Å². The number of nitrogens with zero attached hydrogens (tertiary/aromatic N) is 1. The third kappa shape index (κ3) is 4.49. The normalized spacial score (nSPS) is 27.8. The van der Waals surface area contributed by atoms with Crippen molar-refractivity contribution in [3.05, 3.63) is 0 Å². The van der Waals surface area contributed by atoms with E-state index in [1.165, 1.54) is 4.90 Å². The molecule has 0 aromatic heterocycles. The van der Waals surface area contributed by atoms with Gasteiger partial charge < -0.3 is 14.7 Å². The van der Waals surface area contributed by atoms with Crippen LogP contribution >= 0.6 is 0 Å². The second-order valence-electron chi connectivity index (χ2n) is 6.45. The number of hydrogen-bond acceptors (Lipinski definition) is 4. The number of esters is 1. The zero-order valence-corrected chi connectivity index (χ0v) is 12.5. The van der Waals surface area contributed by atoms with Crippen molar-refractivity contribution in [2.75, 3.05) is 14.1 Å². The van der Waals surface area contributed by atoms with E-state index in [1.807, 2.05) is 0 Å². The lowest BCUT2D eigenvalue weighted by molar-refractivity contribution is -0.167. The van der Waals surface area contributed by atoms with Crippen LogP contribution in [0.1, 0.15) is 40.0 Å². The van der Waals surface area contributed by atoms with Crippen molar-refractivity contribution in [2.45, 2.75) is 51.7 Å². The molecule has 1 N–H and O–H groups in total. The number of carbonyl (C=O) groups excluding carboxylic acids is 2. The van der Waals surface area contributed by atoms with Crippen LogP contribution in [0, 0.1) is 11.8 Å². The summed E-state index contributed by atoms with van der Waals surface area (Å²) in [5, 5.41) is 9.95. The highest BCUT2D eigenvalue weighted by molar-refractivity contribution is 5.80. The highest BCUT2D eigenvalue weighted by Crippen LogP contribution is 2.32. The molecule has 5 nitrogen and oxygen atoms in total. The molecule has 19 heavy (non-hydrogen) atoms. The van der Waals surface area contributed by atoms with Crippen molar-refractivity contribution >= 4 is 11.9 Å². The van der Waals surface area contributed by atoms with Crippen LogP contribution in [0.2, 0.25) is 0 Å². The molecule has 110 valence electrons. The van der Waals surface area contributed by atoms with Gasteiger partial charge in [0.1, 0.15) is 5.60 Å². The molecule has 3 atom stereocenters. The number of ether oxygens (including phenoxy) is 1. The quantitative estimate of drug-likeness (QED) is 0.766. The topological polar surface area (TPSA) is 66.8 Å². The van der Waals surface area contributed by atoms with E-state index in [1.54, 1.807) is 34.9 Å². The second-order valence-corrected chi connectivity index (χ2v) is 6.45. The Labute approximate surface area is 114 Å². The number of carbonyl (C=O) groups is 2. The molecular formula is C14H25NO4. The molecule has 0 radical (unpaired) electrons. The molecule has 1 saturated carbocycles. The van der Waals surface area contributed by atoms with Gasteiger partial charge in [-0.25, -0.2) is 0 Å². The van der Waals surface area contributed by atoms with Gasteiger partial charge in [-0.05, 0) is 40.0 Å². The minimum atomic E-state index is -0.707. The van der Waals surface area contributed by atoms with E-state index >= 15 is 0 Å². The van der Waals surface area contributed by atoms with Crippen molar-refractivity contribution in [2.24, 2.45) is 11.8 Å². The zero-order valence-electron chi connectivity index (χ0n) is 12.5. The van der Waals surface area contributed by atoms with E-state index in [0.29, 0.717) is 19.3 Å². The molecule has 0 spiro atoms. The molecule has 0 heterocycles. The van der Waals surface area contributed by atoms with Gasteiger partial charge in [-0.15, -0.1) is 0 Å². The minimum Gasteiger partial charge on any atom is -0.460 e. The summed E-state index contributed by atoms with van der Waals surface area (Å²) < 4.78 is 5.31. The Kier molecular flexibility index (Phi) is 4.96. The molecule has 1 amide bonds. The van der Waals surface area contributed by atoms with Gasteiger partial charge in [-0.3, -0.25) is 9.59 Å². The molecule has 1 rings (SSSR count). The predicted octanol–water partition coefficient (Wildman–Crippen LogP) is 1.19. The maximum atomic E-state index is 12.1. The number of amides is 1. The molecule has 0 aliphatic heterocycles. The standard InChI is InChI=1S/C14H25NO4/c1-14(2,3)19-13(18)10-8-9(6-7-11(10)16)12(17)15(4)5/h9-11,16H,6-8H2,1-5H3/t9-,10+,11-/m0/s1. The Bertz CT molecular complexity index is 346. The van der Waals surface area contributed by atoms with Gasteiger partial charge in [0, 0.05) is 20.0 Å². The smallest absolute Gasteiger partial charge is 0.312 e. The summed E-state index contributed by atoms with van der Waals surface area (Å²) in [6.07, 6.45) is 0.750. The van der Waals surface area contributed by atoms with Gasteiger partial charge in [-0.1, -0.05) is 0 Å². The fraction of sp³-hybridized carbons (Fsp3) is 0.857. The summed E-state index contributed by atoms with van der Waals surface area (Å²) in [5.74, 6) is -1.19. The lowest BCUT2D eigenvalue weighted by Gasteiger charge is -2.34. The molecular weight excluding hydrogens is 246 g/mol. The predicted molar refractivity (Wildman–Crippen MR) is 71.4 cm³/mol. The van der Waals surface area contributed by atoms with E-state index in [-0.39, 0.29) is 11.8 Å². The van der Waals surface area contributed by atoms with Gasteiger partial charge in [0.25, 0.3) is 0 Å². The maximum absolute atomic E-state index is 12.1. The fourth-order valence-corrected chi connectivity index (χ4v) is 2.37. The summed E-state index contributed by atoms with van der Waals surface area (Å²) in [4.78, 5) is 25.5. The molecule has 0 unspecified atom stereocenters. The monoisotopic (exact) mass is 271 g/mol. The molecule has 1 aliphatic carbocycles. The highest BCUT2D eigenvalue weighted by atomic mass is 16.6. The Morgan fingerprint density at radius 1 is 1.21 bits per heavy atom. The first-order chi connectivity index (χ1) is 8.61. The van der Waals surface area contributed by atoms with Crippen LogP contribution in [0.15, 0.2) is 0 Å². The zero-order chi connectivity index (χ0) is 14.8. The second kappa shape index (κ2) is 5.90. The van der Waals surface area contributed by atoms with Crippen molar-refractivity contribution in [3.63, 3.8) is 0 Å². The fourth-order valence-electron chi connectivity index (χ4n) is 2.37. The van der Waals surface area contributed by atoms with Gasteiger partial charge in [-0.2, -0.15) is 0 Å². The first kappa shape index (κ1) is 16.0. The van der Waals surface area contributed by atoms with E-state index in [9.17, 15) is 14.7 Å². The van der Waals surface area contributed by atoms with Crippen LogP contribution in [0.25, 0.3) is 0 Å². The molecule has 1 aliphatic rings. The summed E-state index contributed by atoms with van der Waals surface area (Å²) in [6.45, 7) is 5.38. The Morgan fingerprint density at radius 2 is 1.79 bits per heavy atom. The molecule has 0 aromatic carbocycles. The first-order valence-corrected chi connectivity index (χ1v) is 6.74. The largest absolute Gasteiger partial charge is 0.460 e. The van der Waals surface area contributed by atoms with E-state index in [4.69, 9.17) is 4.74 Å². The van der Waals surface area contributed by atoms with E-state index in [2.05, 4.69) is 0 Å². The average Bonchev–Trinajstić information content (AvgIpc) is 2.26. The van der Waals surface area contributed by atoms with Crippen LogP contribution in [-0.2, 0) is 14.3 Å². The van der Waals surface area contributed by atoms with Gasteiger partial charge >= 0.3 is 5.97 Å². The number of hydrogen-bond donors (Lipinski definition) is 1. The molecule has 0 aromatic rings. The summed E-state index contributed by atoms with van der Waals surface area (Å²) in [7, 11) is 3.41. The van der Waals surface area contributed by atoms with E-state index < -0.39 is 23.6 Å². The molecule has 0 saturated heterocycles. The SMILES string of the molecule is CN(C)C(=O)[C@H]1CC[C@H](O)[C@H](C(=O)OC(C)(C)C)C1. The third-order valence-corrected chi connectivity index (χ3v) is 3.31. The van der Waals surface area contributed by atoms with Gasteiger partial charge in [0.05, 0.1) is 12.0 Å². The average molecular weight is 271 g/mol. The Morgan fingerprint density at radius 3 is 2.26 bits per heavy atom. The maximum Gasteiger partial charge on any atom is 0.312 e. The van der Waals surface area contributed by atoms with Crippen molar-refractivity contribution in [1.82, 2.24) is 4.90 Å². The van der Waals surface area contributed by atoms with Crippen LogP contribution in [0.4, 0.5) is 0 Å². The van der Waals surface area contributed by atoms with Gasteiger partial charge in [0.15, 0.2) is 0 Å². The Balaban J connectivity index is 2.71. The van der Waals surface area contributed by atoms with E-state index in [0.717, 1.165) is 0 Å². The van der Waals surface area contributed by atoms with Crippen LogP contribution in [-0.4, -0.2) is 47.7 Å². The summed E-state index contributed by atoms with van der Waals surface area (Å²) in [6, 6.07) is 0. The van der Waals surface area contributed by atoms with Crippen molar-refractivity contribution in [3.8, 4) is 0 Å². The first-order valence-electron chi connectivity index (χ1n) is 6.74. The molecule has 0 bridgehead atoms. The number of rotatable bonds is 2. The molecule has 1 fully saturated rings. The number of aliphatic hydroxyl groups excluding tert-OH is 1. The van der Waals surface area contributed by atoms with Crippen LogP contribution < -0.4 is 0 Å². The Hall–Kier alpha value is -1.10. The summed E-state index contributed by atoms with van der Waals surface area (Å²) >= 11 is 0. The van der Waals surface area contributed by atoms with Crippen molar-refractivity contribution < 1.29 is 19.4 Å². The lowest BCUT2D eigenvalue weighted by atomic mass is 9.78. The lowest BCUT2D eigenvalue weighted by Crippen LogP contribution is -2.42. The third-order valence-electron chi connectivity index (χ3n) is 3.31.